The zero-order valence-corrected chi connectivity index (χ0v) is 17.6. The molecule has 0 N–H and O–H groups in total. The van der Waals surface area contributed by atoms with E-state index in [2.05, 4.69) is 15.9 Å². The number of benzene rings is 2. The molecule has 2 heterocycles. The highest BCUT2D eigenvalue weighted by atomic mass is 79.9. The van der Waals surface area contributed by atoms with E-state index < -0.39 is 28.5 Å². The van der Waals surface area contributed by atoms with Crippen LogP contribution in [0.1, 0.15) is 45.7 Å². The van der Waals surface area contributed by atoms with Crippen LogP contribution in [0.3, 0.4) is 0 Å². The predicted molar refractivity (Wildman–Crippen MR) is 111 cm³/mol. The molecular formula is C24H17BrO5. The maximum atomic E-state index is 13.8. The fourth-order valence-electron chi connectivity index (χ4n) is 5.18. The molecule has 0 amide bonds. The van der Waals surface area contributed by atoms with Gasteiger partial charge in [-0.1, -0.05) is 53.2 Å². The summed E-state index contributed by atoms with van der Waals surface area (Å²) < 4.78 is 11.8. The van der Waals surface area contributed by atoms with Crippen LogP contribution in [0, 0.1) is 10.8 Å². The molecule has 0 saturated heterocycles. The molecule has 1 aromatic heterocycles. The minimum atomic E-state index is -1.65. The van der Waals surface area contributed by atoms with E-state index >= 15 is 0 Å². The van der Waals surface area contributed by atoms with Gasteiger partial charge in [0, 0.05) is 21.5 Å². The van der Waals surface area contributed by atoms with Gasteiger partial charge in [-0.3, -0.25) is 14.4 Å². The average molecular weight is 465 g/mol. The van der Waals surface area contributed by atoms with Gasteiger partial charge in [-0.15, -0.1) is 0 Å². The van der Waals surface area contributed by atoms with E-state index in [1.807, 2.05) is 19.1 Å². The van der Waals surface area contributed by atoms with E-state index in [0.717, 1.165) is 4.47 Å². The van der Waals surface area contributed by atoms with Crippen LogP contribution >= 0.6 is 15.9 Å². The number of hydrogen-bond donors (Lipinski definition) is 0. The van der Waals surface area contributed by atoms with Crippen LogP contribution in [0.2, 0.25) is 0 Å². The fraction of sp³-hybridized carbons (Fsp3) is 0.208. The lowest BCUT2D eigenvalue weighted by Gasteiger charge is -2.22. The molecule has 6 heteroatoms. The monoisotopic (exact) mass is 464 g/mol. The van der Waals surface area contributed by atoms with Crippen LogP contribution in [0.5, 0.6) is 5.75 Å². The van der Waals surface area contributed by atoms with Gasteiger partial charge in [-0.2, -0.15) is 0 Å². The van der Waals surface area contributed by atoms with Gasteiger partial charge < -0.3 is 9.15 Å². The fourth-order valence-corrected chi connectivity index (χ4v) is 5.56. The van der Waals surface area contributed by atoms with Crippen LogP contribution in [0.15, 0.2) is 75.8 Å². The first-order valence-corrected chi connectivity index (χ1v) is 10.5. The Morgan fingerprint density at radius 3 is 2.47 bits per heavy atom. The van der Waals surface area contributed by atoms with Gasteiger partial charge in [0.1, 0.15) is 5.75 Å². The molecule has 0 bridgehead atoms. The molecule has 150 valence electrons. The Morgan fingerprint density at radius 2 is 1.80 bits per heavy atom. The van der Waals surface area contributed by atoms with E-state index in [4.69, 9.17) is 9.15 Å². The van der Waals surface area contributed by atoms with Gasteiger partial charge in [0.2, 0.25) is 5.78 Å². The zero-order valence-electron chi connectivity index (χ0n) is 16.1. The number of rotatable bonds is 5. The van der Waals surface area contributed by atoms with Gasteiger partial charge >= 0.3 is 5.97 Å². The van der Waals surface area contributed by atoms with Crippen molar-refractivity contribution in [1.29, 1.82) is 0 Å². The first kappa shape index (κ1) is 19.0. The summed E-state index contributed by atoms with van der Waals surface area (Å²) in [6, 6.07) is 17.2. The molecule has 1 fully saturated rings. The van der Waals surface area contributed by atoms with Crippen molar-refractivity contribution in [3.63, 3.8) is 0 Å². The third-order valence-electron chi connectivity index (χ3n) is 6.46. The summed E-state index contributed by atoms with van der Waals surface area (Å²) in [6.07, 6.45) is 1.69. The Kier molecular flexibility index (Phi) is 4.12. The number of carbonyl (C=O) groups is 3. The lowest BCUT2D eigenvalue weighted by atomic mass is 9.80. The van der Waals surface area contributed by atoms with Gasteiger partial charge in [0.15, 0.2) is 17.0 Å². The molecule has 30 heavy (non-hydrogen) atoms. The van der Waals surface area contributed by atoms with Crippen LogP contribution in [-0.2, 0) is 4.79 Å². The Hall–Kier alpha value is -2.99. The normalized spacial score (nSPS) is 26.3. The molecule has 5 nitrogen and oxygen atoms in total. The average Bonchev–Trinajstić information content (AvgIpc) is 3.07. The predicted octanol–water partition coefficient (Wildman–Crippen LogP) is 5.21. The molecule has 5 rings (SSSR count). The maximum absolute atomic E-state index is 13.8. The molecule has 0 spiro atoms. The Morgan fingerprint density at radius 1 is 1.03 bits per heavy atom. The second-order valence-electron chi connectivity index (χ2n) is 7.64. The highest BCUT2D eigenvalue weighted by molar-refractivity contribution is 9.10. The number of furan rings is 1. The van der Waals surface area contributed by atoms with E-state index in [0.29, 0.717) is 23.3 Å². The van der Waals surface area contributed by atoms with Gasteiger partial charge in [-0.05, 0) is 36.8 Å². The highest BCUT2D eigenvalue weighted by Gasteiger charge is 2.89. The molecule has 1 aliphatic heterocycles. The molecule has 3 aromatic rings. The zero-order chi connectivity index (χ0) is 21.1. The molecular weight excluding hydrogens is 448 g/mol. The molecule has 2 aliphatic rings. The summed E-state index contributed by atoms with van der Waals surface area (Å²) in [4.78, 5) is 40.9. The number of fused-ring (bicyclic) bond motifs is 3. The molecule has 1 aliphatic carbocycles. The van der Waals surface area contributed by atoms with Gasteiger partial charge in [0.05, 0.1) is 11.7 Å². The largest absolute Gasteiger partial charge is 0.461 e. The van der Waals surface area contributed by atoms with E-state index in [1.165, 1.54) is 12.3 Å². The topological polar surface area (TPSA) is 73.6 Å². The third kappa shape index (κ3) is 2.20. The maximum Gasteiger partial charge on any atom is 0.327 e. The summed E-state index contributed by atoms with van der Waals surface area (Å²) in [5.74, 6) is -1.65. The van der Waals surface area contributed by atoms with Crippen LogP contribution < -0.4 is 4.74 Å². The number of Topliss-reactive ketones (excluding diaryl/α,β-unsaturated/α-hetero) is 2. The van der Waals surface area contributed by atoms with Crippen LogP contribution in [0.4, 0.5) is 0 Å². The smallest absolute Gasteiger partial charge is 0.327 e. The first-order chi connectivity index (χ1) is 14.5. The lowest BCUT2D eigenvalue weighted by Crippen LogP contribution is -2.39. The van der Waals surface area contributed by atoms with Gasteiger partial charge in [-0.25, -0.2) is 0 Å². The SMILES string of the molecule is CC[C@@]1(C(=O)c2ccccc2)[C@H]2c3cc(Br)ccc3OC(=O)[C@@]21C(=O)c1ccco1. The molecule has 2 aromatic carbocycles. The Labute approximate surface area is 181 Å². The van der Waals surface area contributed by atoms with Crippen LogP contribution in [0.25, 0.3) is 0 Å². The Bertz CT molecular complexity index is 1180. The van der Waals surface area contributed by atoms with Crippen molar-refractivity contribution < 1.29 is 23.5 Å². The van der Waals surface area contributed by atoms with E-state index in [9.17, 15) is 14.4 Å². The summed E-state index contributed by atoms with van der Waals surface area (Å²) in [5.41, 5.74) is -1.76. The number of carbonyl (C=O) groups excluding carboxylic acids is 3. The number of esters is 1. The second kappa shape index (κ2) is 6.51. The summed E-state index contributed by atoms with van der Waals surface area (Å²) >= 11 is 3.46. The molecule has 1 saturated carbocycles. The molecule has 0 radical (unpaired) electrons. The number of ether oxygens (including phenoxy) is 1. The first-order valence-electron chi connectivity index (χ1n) is 9.68. The van der Waals surface area contributed by atoms with Crippen molar-refractivity contribution in [2.45, 2.75) is 19.3 Å². The minimum Gasteiger partial charge on any atom is -0.461 e. The second-order valence-corrected chi connectivity index (χ2v) is 8.55. The summed E-state index contributed by atoms with van der Waals surface area (Å²) in [7, 11) is 0. The third-order valence-corrected chi connectivity index (χ3v) is 6.95. The quantitative estimate of drug-likeness (QED) is 0.224. The van der Waals surface area contributed by atoms with Crippen molar-refractivity contribution in [2.24, 2.45) is 10.8 Å². The summed E-state index contributed by atoms with van der Waals surface area (Å²) in [6.45, 7) is 1.83. The lowest BCUT2D eigenvalue weighted by molar-refractivity contribution is -0.140. The number of hydrogen-bond acceptors (Lipinski definition) is 5. The minimum absolute atomic E-state index is 0.0478. The molecule has 0 unspecified atom stereocenters. The van der Waals surface area contributed by atoms with Crippen LogP contribution in [-0.4, -0.2) is 17.5 Å². The standard InChI is InChI=1S/C24H17BrO5/c1-2-23(20(26)14-7-4-3-5-8-14)19-16-13-15(25)10-11-17(16)30-22(28)24(19,23)21(27)18-9-6-12-29-18/h3-13,19H,2H2,1H3/t19-,23+,24+/m1/s1. The number of halogens is 1. The molecule has 3 atom stereocenters. The van der Waals surface area contributed by atoms with Crippen molar-refractivity contribution in [2.75, 3.05) is 0 Å². The summed E-state index contributed by atoms with van der Waals surface area (Å²) in [5, 5.41) is 0. The van der Waals surface area contributed by atoms with Crippen molar-refractivity contribution >= 4 is 33.5 Å². The van der Waals surface area contributed by atoms with E-state index in [1.54, 1.807) is 42.5 Å². The van der Waals surface area contributed by atoms with Crippen molar-refractivity contribution in [3.05, 3.63) is 88.3 Å². The Balaban J connectivity index is 1.78. The van der Waals surface area contributed by atoms with Gasteiger partial charge in [0.25, 0.3) is 0 Å². The highest BCUT2D eigenvalue weighted by Crippen LogP contribution is 2.80. The number of ketones is 2. The van der Waals surface area contributed by atoms with Crippen molar-refractivity contribution in [1.82, 2.24) is 0 Å². The van der Waals surface area contributed by atoms with Crippen molar-refractivity contribution in [3.8, 4) is 5.75 Å². The van der Waals surface area contributed by atoms with E-state index in [-0.39, 0.29) is 11.5 Å².